The lowest BCUT2D eigenvalue weighted by Crippen LogP contribution is -2.06. The second kappa shape index (κ2) is 3.87. The van der Waals surface area contributed by atoms with E-state index in [9.17, 15) is 0 Å². The molecule has 0 amide bonds. The summed E-state index contributed by atoms with van der Waals surface area (Å²) in [5, 5.41) is 4.73. The molecular formula is C11H13ClN4. The zero-order valence-electron chi connectivity index (χ0n) is 9.74. The van der Waals surface area contributed by atoms with E-state index in [4.69, 9.17) is 11.6 Å². The molecule has 0 aliphatic heterocycles. The average Bonchev–Trinajstić information content (AvgIpc) is 2.51. The molecule has 0 bridgehead atoms. The van der Waals surface area contributed by atoms with Gasteiger partial charge in [0, 0.05) is 5.69 Å². The molecule has 2 heterocycles. The number of nitrogens with zero attached hydrogens (tertiary/aromatic N) is 4. The van der Waals surface area contributed by atoms with Crippen LogP contribution in [0.3, 0.4) is 0 Å². The molecule has 0 spiro atoms. The molecular weight excluding hydrogens is 224 g/mol. The van der Waals surface area contributed by atoms with Gasteiger partial charge in [0.1, 0.15) is 0 Å². The van der Waals surface area contributed by atoms with E-state index in [1.165, 1.54) is 0 Å². The van der Waals surface area contributed by atoms with Crippen molar-refractivity contribution in [3.05, 3.63) is 34.0 Å². The van der Waals surface area contributed by atoms with Gasteiger partial charge in [0.25, 0.3) is 0 Å². The number of aryl methyl sites for hydroxylation is 4. The molecule has 16 heavy (non-hydrogen) atoms. The third kappa shape index (κ3) is 1.80. The minimum atomic E-state index is 0.384. The molecule has 0 fully saturated rings. The first kappa shape index (κ1) is 11.1. The number of halogens is 1. The Bertz CT molecular complexity index is 545. The van der Waals surface area contributed by atoms with Crippen molar-refractivity contribution in [2.45, 2.75) is 27.7 Å². The molecule has 0 radical (unpaired) electrons. The van der Waals surface area contributed by atoms with E-state index >= 15 is 0 Å². The van der Waals surface area contributed by atoms with Gasteiger partial charge in [0.2, 0.25) is 0 Å². The lowest BCUT2D eigenvalue weighted by Gasteiger charge is -2.07. The Balaban J connectivity index is 2.64. The minimum absolute atomic E-state index is 0.384. The fourth-order valence-electron chi connectivity index (χ4n) is 1.54. The summed E-state index contributed by atoms with van der Waals surface area (Å²) in [7, 11) is 0. The summed E-state index contributed by atoms with van der Waals surface area (Å²) in [5.74, 6) is 0.593. The quantitative estimate of drug-likeness (QED) is 0.764. The monoisotopic (exact) mass is 236 g/mol. The van der Waals surface area contributed by atoms with Crippen LogP contribution >= 0.6 is 11.6 Å². The van der Waals surface area contributed by atoms with E-state index in [-0.39, 0.29) is 0 Å². The van der Waals surface area contributed by atoms with Crippen molar-refractivity contribution in [1.82, 2.24) is 19.7 Å². The Labute approximate surface area is 99.3 Å². The van der Waals surface area contributed by atoms with Gasteiger partial charge in [0.15, 0.2) is 11.0 Å². The molecule has 0 unspecified atom stereocenters. The van der Waals surface area contributed by atoms with Crippen LogP contribution in [0.1, 0.15) is 22.8 Å². The fourth-order valence-corrected chi connectivity index (χ4v) is 1.79. The topological polar surface area (TPSA) is 43.6 Å². The van der Waals surface area contributed by atoms with Crippen LogP contribution in [0.15, 0.2) is 6.07 Å². The van der Waals surface area contributed by atoms with E-state index in [0.29, 0.717) is 11.0 Å². The van der Waals surface area contributed by atoms with Crippen molar-refractivity contribution >= 4 is 11.6 Å². The lowest BCUT2D eigenvalue weighted by molar-refractivity contribution is 0.790. The van der Waals surface area contributed by atoms with Gasteiger partial charge in [-0.2, -0.15) is 5.10 Å². The highest BCUT2D eigenvalue weighted by atomic mass is 35.5. The number of hydrogen-bond donors (Lipinski definition) is 0. The summed E-state index contributed by atoms with van der Waals surface area (Å²) in [4.78, 5) is 8.66. The van der Waals surface area contributed by atoms with Gasteiger partial charge in [-0.3, -0.25) is 0 Å². The smallest absolute Gasteiger partial charge is 0.191 e. The Morgan fingerprint density at radius 3 is 2.25 bits per heavy atom. The van der Waals surface area contributed by atoms with E-state index in [0.717, 1.165) is 22.8 Å². The van der Waals surface area contributed by atoms with Crippen molar-refractivity contribution in [3.8, 4) is 5.82 Å². The molecule has 5 heteroatoms. The second-order valence-corrected chi connectivity index (χ2v) is 4.21. The van der Waals surface area contributed by atoms with E-state index in [1.54, 1.807) is 4.68 Å². The van der Waals surface area contributed by atoms with Gasteiger partial charge >= 0.3 is 0 Å². The average molecular weight is 237 g/mol. The molecule has 0 saturated heterocycles. The Hall–Kier alpha value is -1.42. The summed E-state index contributed by atoms with van der Waals surface area (Å²) in [6, 6.07) is 1.98. The van der Waals surface area contributed by atoms with Gasteiger partial charge in [-0.15, -0.1) is 0 Å². The van der Waals surface area contributed by atoms with Crippen molar-refractivity contribution in [2.24, 2.45) is 0 Å². The van der Waals surface area contributed by atoms with Crippen LogP contribution in [0, 0.1) is 27.7 Å². The molecule has 2 rings (SSSR count). The predicted octanol–water partition coefficient (Wildman–Crippen LogP) is 2.55. The summed E-state index contributed by atoms with van der Waals surface area (Å²) in [6.07, 6.45) is 0. The molecule has 2 aromatic rings. The van der Waals surface area contributed by atoms with Crippen molar-refractivity contribution in [2.75, 3.05) is 0 Å². The second-order valence-electron chi connectivity index (χ2n) is 3.85. The van der Waals surface area contributed by atoms with Gasteiger partial charge < -0.3 is 0 Å². The normalized spacial score (nSPS) is 10.8. The Kier molecular flexibility index (Phi) is 2.68. The van der Waals surface area contributed by atoms with Crippen molar-refractivity contribution in [3.63, 3.8) is 0 Å². The molecule has 2 aromatic heterocycles. The molecule has 0 atom stereocenters. The van der Waals surface area contributed by atoms with Gasteiger partial charge in [-0.05, 0) is 33.8 Å². The first-order valence-electron chi connectivity index (χ1n) is 5.03. The Morgan fingerprint density at radius 2 is 1.69 bits per heavy atom. The number of aromatic nitrogens is 4. The maximum atomic E-state index is 6.08. The molecule has 0 aromatic carbocycles. The first-order chi connectivity index (χ1) is 7.49. The largest absolute Gasteiger partial charge is 0.236 e. The highest BCUT2D eigenvalue weighted by Crippen LogP contribution is 2.19. The molecule has 0 aliphatic carbocycles. The van der Waals surface area contributed by atoms with E-state index in [2.05, 4.69) is 15.1 Å². The van der Waals surface area contributed by atoms with Crippen LogP contribution in [0.2, 0.25) is 5.15 Å². The highest BCUT2D eigenvalue weighted by molar-refractivity contribution is 6.30. The van der Waals surface area contributed by atoms with Gasteiger partial charge in [-0.1, -0.05) is 11.6 Å². The lowest BCUT2D eigenvalue weighted by atomic mass is 10.3. The fraction of sp³-hybridized carbons (Fsp3) is 0.364. The van der Waals surface area contributed by atoms with Crippen LogP contribution in [0.4, 0.5) is 0 Å². The minimum Gasteiger partial charge on any atom is -0.236 e. The maximum Gasteiger partial charge on any atom is 0.191 e. The molecule has 0 aliphatic rings. The van der Waals surface area contributed by atoms with Crippen LogP contribution in [-0.2, 0) is 0 Å². The van der Waals surface area contributed by atoms with Crippen LogP contribution in [-0.4, -0.2) is 19.7 Å². The Morgan fingerprint density at radius 1 is 1.06 bits per heavy atom. The van der Waals surface area contributed by atoms with Crippen molar-refractivity contribution in [1.29, 1.82) is 0 Å². The third-order valence-electron chi connectivity index (χ3n) is 2.46. The van der Waals surface area contributed by atoms with Gasteiger partial charge in [-0.25, -0.2) is 14.6 Å². The van der Waals surface area contributed by atoms with Crippen LogP contribution in [0.25, 0.3) is 5.82 Å². The molecule has 84 valence electrons. The number of hydrogen-bond acceptors (Lipinski definition) is 3. The summed E-state index contributed by atoms with van der Waals surface area (Å²) in [5.41, 5.74) is 3.65. The maximum absolute atomic E-state index is 6.08. The highest BCUT2D eigenvalue weighted by Gasteiger charge is 2.12. The predicted molar refractivity (Wildman–Crippen MR) is 63.1 cm³/mol. The zero-order chi connectivity index (χ0) is 11.9. The third-order valence-corrected chi connectivity index (χ3v) is 2.71. The van der Waals surface area contributed by atoms with E-state index < -0.39 is 0 Å². The zero-order valence-corrected chi connectivity index (χ0v) is 10.5. The van der Waals surface area contributed by atoms with E-state index in [1.807, 2.05) is 33.8 Å². The summed E-state index contributed by atoms with van der Waals surface area (Å²) >= 11 is 6.08. The molecule has 0 saturated carbocycles. The van der Waals surface area contributed by atoms with Crippen LogP contribution in [0.5, 0.6) is 0 Å². The number of rotatable bonds is 1. The summed E-state index contributed by atoms with van der Waals surface area (Å²) in [6.45, 7) is 7.70. The first-order valence-corrected chi connectivity index (χ1v) is 5.41. The standard InChI is InChI=1S/C11H13ClN4/c1-6-5-7(2)16(15-6)11-10(12)13-8(3)9(4)14-11/h5H,1-4H3. The van der Waals surface area contributed by atoms with Gasteiger partial charge in [0.05, 0.1) is 17.1 Å². The molecule has 4 nitrogen and oxygen atoms in total. The molecule has 0 N–H and O–H groups in total. The summed E-state index contributed by atoms with van der Waals surface area (Å²) < 4.78 is 1.72. The van der Waals surface area contributed by atoms with Crippen molar-refractivity contribution < 1.29 is 0 Å². The van der Waals surface area contributed by atoms with Crippen LogP contribution < -0.4 is 0 Å². The SMILES string of the molecule is Cc1cc(C)n(-c2nc(C)c(C)nc2Cl)n1.